The Balaban J connectivity index is 1.94. The monoisotopic (exact) mass is 323 g/mol. The highest BCUT2D eigenvalue weighted by Gasteiger charge is 2.23. The van der Waals surface area contributed by atoms with E-state index >= 15 is 0 Å². The molecule has 0 radical (unpaired) electrons. The summed E-state index contributed by atoms with van der Waals surface area (Å²) in [6.07, 6.45) is 8.26. The molecule has 0 atom stereocenters. The molecular weight excluding hydrogens is 302 g/mol. The fourth-order valence-corrected chi connectivity index (χ4v) is 3.22. The third-order valence-electron chi connectivity index (χ3n) is 4.51. The Kier molecular flexibility index (Phi) is 4.89. The zero-order valence-corrected chi connectivity index (χ0v) is 13.5. The normalized spacial score (nSPS) is 15.0. The van der Waals surface area contributed by atoms with Crippen molar-refractivity contribution >= 4 is 17.4 Å². The Morgan fingerprint density at radius 1 is 1.21 bits per heavy atom. The van der Waals surface area contributed by atoms with E-state index in [0.29, 0.717) is 11.3 Å². The Morgan fingerprint density at radius 2 is 2.00 bits per heavy atom. The number of H-pyrrole nitrogens is 1. The second-order valence-corrected chi connectivity index (χ2v) is 6.12. The van der Waals surface area contributed by atoms with E-state index < -0.39 is 0 Å². The van der Waals surface area contributed by atoms with Gasteiger partial charge in [0, 0.05) is 23.2 Å². The zero-order chi connectivity index (χ0) is 16.9. The van der Waals surface area contributed by atoms with E-state index in [1.807, 2.05) is 12.1 Å². The van der Waals surface area contributed by atoms with Gasteiger partial charge in [0.25, 0.3) is 0 Å². The molecule has 0 aliphatic heterocycles. The summed E-state index contributed by atoms with van der Waals surface area (Å²) in [7, 11) is 0. The summed E-state index contributed by atoms with van der Waals surface area (Å²) in [5.41, 5.74) is 2.82. The lowest BCUT2D eigenvalue weighted by Crippen LogP contribution is -2.18. The number of anilines is 1. The molecule has 2 N–H and O–H groups in total. The standard InChI is InChI=1S/C19H21N3O2/c1-2-18(23)21-16-9-8-14(12-15(16)17-10-11-20-22-17)19(24)13-6-4-3-5-7-13/h2,8-13H,1,3-7H2,(H,20,22)(H,21,23). The van der Waals surface area contributed by atoms with Crippen LogP contribution in [0.1, 0.15) is 42.5 Å². The number of nitrogens with one attached hydrogen (secondary N) is 2. The molecule has 0 unspecified atom stereocenters. The fourth-order valence-electron chi connectivity index (χ4n) is 3.22. The molecule has 1 aromatic carbocycles. The molecule has 5 nitrogen and oxygen atoms in total. The van der Waals surface area contributed by atoms with Gasteiger partial charge < -0.3 is 5.32 Å². The van der Waals surface area contributed by atoms with Gasteiger partial charge in [0.2, 0.25) is 5.91 Å². The van der Waals surface area contributed by atoms with Gasteiger partial charge in [0.1, 0.15) is 0 Å². The molecule has 0 bridgehead atoms. The lowest BCUT2D eigenvalue weighted by atomic mass is 9.83. The van der Waals surface area contributed by atoms with Crippen LogP contribution in [0.4, 0.5) is 5.69 Å². The molecule has 1 heterocycles. The van der Waals surface area contributed by atoms with Crippen LogP contribution in [-0.4, -0.2) is 21.9 Å². The van der Waals surface area contributed by atoms with E-state index in [1.54, 1.807) is 18.3 Å². The molecule has 0 spiro atoms. The van der Waals surface area contributed by atoms with Gasteiger partial charge in [-0.2, -0.15) is 5.10 Å². The van der Waals surface area contributed by atoms with Crippen molar-refractivity contribution in [2.45, 2.75) is 32.1 Å². The third kappa shape index (κ3) is 3.45. The Hall–Kier alpha value is -2.69. The van der Waals surface area contributed by atoms with Gasteiger partial charge in [-0.15, -0.1) is 0 Å². The summed E-state index contributed by atoms with van der Waals surface area (Å²) in [5, 5.41) is 9.63. The molecule has 1 saturated carbocycles. The number of aromatic nitrogens is 2. The number of amides is 1. The third-order valence-corrected chi connectivity index (χ3v) is 4.51. The quantitative estimate of drug-likeness (QED) is 0.646. The van der Waals surface area contributed by atoms with Gasteiger partial charge in [0.15, 0.2) is 5.78 Å². The highest BCUT2D eigenvalue weighted by Crippen LogP contribution is 2.31. The van der Waals surface area contributed by atoms with Crippen molar-refractivity contribution in [2.75, 3.05) is 5.32 Å². The molecule has 3 rings (SSSR count). The molecule has 1 aliphatic carbocycles. The Morgan fingerprint density at radius 3 is 2.67 bits per heavy atom. The van der Waals surface area contributed by atoms with Gasteiger partial charge in [-0.05, 0) is 43.2 Å². The maximum atomic E-state index is 12.8. The number of hydrogen-bond donors (Lipinski definition) is 2. The second-order valence-electron chi connectivity index (χ2n) is 6.12. The number of carbonyl (C=O) groups is 2. The molecule has 1 aliphatic rings. The van der Waals surface area contributed by atoms with Gasteiger partial charge in [-0.1, -0.05) is 25.8 Å². The van der Waals surface area contributed by atoms with E-state index in [9.17, 15) is 9.59 Å². The van der Waals surface area contributed by atoms with Crippen LogP contribution in [-0.2, 0) is 4.79 Å². The van der Waals surface area contributed by atoms with Crippen molar-refractivity contribution in [3.05, 3.63) is 48.7 Å². The lowest BCUT2D eigenvalue weighted by molar-refractivity contribution is -0.111. The number of ketones is 1. The van der Waals surface area contributed by atoms with Crippen molar-refractivity contribution < 1.29 is 9.59 Å². The largest absolute Gasteiger partial charge is 0.322 e. The predicted molar refractivity (Wildman–Crippen MR) is 93.8 cm³/mol. The average Bonchev–Trinajstić information content (AvgIpc) is 3.16. The van der Waals surface area contributed by atoms with Crippen LogP contribution in [0.2, 0.25) is 0 Å². The van der Waals surface area contributed by atoms with Gasteiger partial charge >= 0.3 is 0 Å². The van der Waals surface area contributed by atoms with Crippen molar-refractivity contribution in [1.82, 2.24) is 10.2 Å². The number of carbonyl (C=O) groups excluding carboxylic acids is 2. The molecule has 5 heteroatoms. The van der Waals surface area contributed by atoms with Gasteiger partial charge in [-0.3, -0.25) is 14.7 Å². The average molecular weight is 323 g/mol. The highest BCUT2D eigenvalue weighted by molar-refractivity contribution is 6.04. The molecular formula is C19H21N3O2. The van der Waals surface area contributed by atoms with Crippen LogP contribution >= 0.6 is 0 Å². The first-order chi connectivity index (χ1) is 11.7. The van der Waals surface area contributed by atoms with Crippen LogP contribution in [0.3, 0.4) is 0 Å². The number of Topliss-reactive ketones (excluding diaryl/α,β-unsaturated/α-hetero) is 1. The minimum Gasteiger partial charge on any atom is -0.322 e. The summed E-state index contributed by atoms with van der Waals surface area (Å²) in [5.74, 6) is 0.0150. The van der Waals surface area contributed by atoms with Crippen molar-refractivity contribution in [1.29, 1.82) is 0 Å². The van der Waals surface area contributed by atoms with Crippen LogP contribution in [0.5, 0.6) is 0 Å². The summed E-state index contributed by atoms with van der Waals surface area (Å²) in [6.45, 7) is 3.47. The minimum absolute atomic E-state index is 0.113. The van der Waals surface area contributed by atoms with E-state index in [-0.39, 0.29) is 17.6 Å². The number of nitrogens with zero attached hydrogens (tertiary/aromatic N) is 1. The highest BCUT2D eigenvalue weighted by atomic mass is 16.1. The minimum atomic E-state index is -0.290. The van der Waals surface area contributed by atoms with E-state index in [1.165, 1.54) is 12.5 Å². The first-order valence-corrected chi connectivity index (χ1v) is 8.30. The molecule has 1 amide bonds. The van der Waals surface area contributed by atoms with Crippen LogP contribution in [0.25, 0.3) is 11.3 Å². The number of hydrogen-bond acceptors (Lipinski definition) is 3. The molecule has 124 valence electrons. The first-order valence-electron chi connectivity index (χ1n) is 8.30. The van der Waals surface area contributed by atoms with E-state index in [2.05, 4.69) is 22.1 Å². The number of aromatic amines is 1. The topological polar surface area (TPSA) is 74.8 Å². The molecule has 1 aromatic heterocycles. The van der Waals surface area contributed by atoms with Crippen molar-refractivity contribution in [2.24, 2.45) is 5.92 Å². The second kappa shape index (κ2) is 7.25. The van der Waals surface area contributed by atoms with Crippen molar-refractivity contribution in [3.63, 3.8) is 0 Å². The smallest absolute Gasteiger partial charge is 0.247 e. The zero-order valence-electron chi connectivity index (χ0n) is 13.5. The molecule has 1 fully saturated rings. The first kappa shape index (κ1) is 16.2. The van der Waals surface area contributed by atoms with Gasteiger partial charge in [0.05, 0.1) is 11.4 Å². The van der Waals surface area contributed by atoms with E-state index in [4.69, 9.17) is 0 Å². The number of benzene rings is 1. The summed E-state index contributed by atoms with van der Waals surface area (Å²) in [4.78, 5) is 24.4. The maximum Gasteiger partial charge on any atom is 0.247 e. The van der Waals surface area contributed by atoms with Crippen molar-refractivity contribution in [3.8, 4) is 11.3 Å². The summed E-state index contributed by atoms with van der Waals surface area (Å²) in [6, 6.07) is 7.21. The van der Waals surface area contributed by atoms with Gasteiger partial charge in [-0.25, -0.2) is 0 Å². The maximum absolute atomic E-state index is 12.8. The summed E-state index contributed by atoms with van der Waals surface area (Å²) < 4.78 is 0. The lowest BCUT2D eigenvalue weighted by Gasteiger charge is -2.21. The van der Waals surface area contributed by atoms with Crippen LogP contribution in [0, 0.1) is 5.92 Å². The fraction of sp³-hybridized carbons (Fsp3) is 0.316. The Labute approximate surface area is 141 Å². The SMILES string of the molecule is C=CC(=O)Nc1ccc(C(=O)C2CCCCC2)cc1-c1ccn[nH]1. The summed E-state index contributed by atoms with van der Waals surface area (Å²) >= 11 is 0. The van der Waals surface area contributed by atoms with E-state index in [0.717, 1.165) is 36.9 Å². The molecule has 24 heavy (non-hydrogen) atoms. The van der Waals surface area contributed by atoms with Crippen LogP contribution < -0.4 is 5.32 Å². The molecule has 0 saturated heterocycles. The molecule has 2 aromatic rings. The number of rotatable bonds is 5. The Bertz CT molecular complexity index is 744. The predicted octanol–water partition coefficient (Wildman–Crippen LogP) is 3.96. The van der Waals surface area contributed by atoms with Crippen LogP contribution in [0.15, 0.2) is 43.1 Å².